The fourth-order valence-corrected chi connectivity index (χ4v) is 2.19. The molecule has 0 radical (unpaired) electrons. The SMILES string of the molecule is COc1ccsc1C(=O)Nc1cc(F)ccc1N. The number of hydrogen-bond acceptors (Lipinski definition) is 4. The van der Waals surface area contributed by atoms with Crippen LogP contribution in [0.15, 0.2) is 29.6 Å². The van der Waals surface area contributed by atoms with Crippen LogP contribution in [-0.4, -0.2) is 13.0 Å². The number of thiophene rings is 1. The normalized spacial score (nSPS) is 10.1. The molecule has 0 spiro atoms. The van der Waals surface area contributed by atoms with E-state index in [0.29, 0.717) is 16.3 Å². The minimum atomic E-state index is -0.461. The van der Waals surface area contributed by atoms with Crippen molar-refractivity contribution in [3.63, 3.8) is 0 Å². The van der Waals surface area contributed by atoms with Crippen LogP contribution in [0.2, 0.25) is 0 Å². The van der Waals surface area contributed by atoms with Crippen molar-refractivity contribution in [2.75, 3.05) is 18.2 Å². The Balaban J connectivity index is 2.24. The Morgan fingerprint density at radius 1 is 1.44 bits per heavy atom. The molecule has 1 aromatic heterocycles. The number of hydrogen-bond donors (Lipinski definition) is 2. The molecule has 1 heterocycles. The van der Waals surface area contributed by atoms with Gasteiger partial charge in [-0.1, -0.05) is 0 Å². The van der Waals surface area contributed by atoms with Crippen molar-refractivity contribution in [2.24, 2.45) is 0 Å². The number of rotatable bonds is 3. The van der Waals surface area contributed by atoms with Gasteiger partial charge in [0.25, 0.3) is 5.91 Å². The molecule has 18 heavy (non-hydrogen) atoms. The molecule has 3 N–H and O–H groups in total. The number of carbonyl (C=O) groups is 1. The number of halogens is 1. The quantitative estimate of drug-likeness (QED) is 0.839. The summed E-state index contributed by atoms with van der Waals surface area (Å²) in [4.78, 5) is 12.4. The lowest BCUT2D eigenvalue weighted by molar-refractivity contribution is 0.102. The largest absolute Gasteiger partial charge is 0.495 e. The number of nitrogen functional groups attached to an aromatic ring is 1. The van der Waals surface area contributed by atoms with E-state index >= 15 is 0 Å². The zero-order chi connectivity index (χ0) is 13.1. The molecule has 0 unspecified atom stereocenters. The van der Waals surface area contributed by atoms with E-state index in [0.717, 1.165) is 0 Å². The van der Waals surface area contributed by atoms with E-state index in [1.54, 1.807) is 11.4 Å². The number of nitrogens with one attached hydrogen (secondary N) is 1. The summed E-state index contributed by atoms with van der Waals surface area (Å²) in [5.74, 6) is -0.357. The average Bonchev–Trinajstić information content (AvgIpc) is 2.82. The summed E-state index contributed by atoms with van der Waals surface area (Å²) in [5.41, 5.74) is 6.20. The maximum Gasteiger partial charge on any atom is 0.269 e. The first-order chi connectivity index (χ1) is 8.61. The van der Waals surface area contributed by atoms with Crippen LogP contribution in [0.5, 0.6) is 5.75 Å². The molecule has 94 valence electrons. The van der Waals surface area contributed by atoms with Crippen molar-refractivity contribution in [2.45, 2.75) is 0 Å². The van der Waals surface area contributed by atoms with Crippen LogP contribution in [-0.2, 0) is 0 Å². The van der Waals surface area contributed by atoms with Crippen LogP contribution in [0.4, 0.5) is 15.8 Å². The Hall–Kier alpha value is -2.08. The van der Waals surface area contributed by atoms with Gasteiger partial charge in [-0.25, -0.2) is 4.39 Å². The molecule has 0 aliphatic carbocycles. The van der Waals surface area contributed by atoms with Crippen LogP contribution in [0.25, 0.3) is 0 Å². The molecule has 6 heteroatoms. The third kappa shape index (κ3) is 2.43. The van der Waals surface area contributed by atoms with E-state index in [2.05, 4.69) is 5.32 Å². The number of nitrogens with two attached hydrogens (primary N) is 1. The summed E-state index contributed by atoms with van der Waals surface area (Å²) >= 11 is 1.24. The van der Waals surface area contributed by atoms with Gasteiger partial charge in [0, 0.05) is 0 Å². The monoisotopic (exact) mass is 266 g/mol. The maximum absolute atomic E-state index is 13.1. The summed E-state index contributed by atoms with van der Waals surface area (Å²) in [6, 6.07) is 5.50. The Bertz CT molecular complexity index is 583. The lowest BCUT2D eigenvalue weighted by Crippen LogP contribution is -2.12. The first-order valence-corrected chi connectivity index (χ1v) is 5.97. The Morgan fingerprint density at radius 3 is 2.94 bits per heavy atom. The molecule has 2 rings (SSSR count). The van der Waals surface area contributed by atoms with Gasteiger partial charge in [-0.15, -0.1) is 11.3 Å². The molecule has 0 atom stereocenters. The topological polar surface area (TPSA) is 64.3 Å². The predicted octanol–water partition coefficient (Wildman–Crippen LogP) is 2.73. The zero-order valence-electron chi connectivity index (χ0n) is 9.57. The summed E-state index contributed by atoms with van der Waals surface area (Å²) < 4.78 is 18.1. The van der Waals surface area contributed by atoms with Crippen LogP contribution in [0.3, 0.4) is 0 Å². The van der Waals surface area contributed by atoms with Crippen molar-refractivity contribution in [1.29, 1.82) is 0 Å². The summed E-state index contributed by atoms with van der Waals surface area (Å²) in [6.07, 6.45) is 0. The highest BCUT2D eigenvalue weighted by Gasteiger charge is 2.15. The number of amides is 1. The third-order valence-electron chi connectivity index (χ3n) is 2.32. The smallest absolute Gasteiger partial charge is 0.269 e. The Kier molecular flexibility index (Phi) is 3.47. The van der Waals surface area contributed by atoms with Gasteiger partial charge >= 0.3 is 0 Å². The number of anilines is 2. The first-order valence-electron chi connectivity index (χ1n) is 5.09. The van der Waals surface area contributed by atoms with E-state index in [1.165, 1.54) is 36.6 Å². The van der Waals surface area contributed by atoms with E-state index in [4.69, 9.17) is 10.5 Å². The summed E-state index contributed by atoms with van der Waals surface area (Å²) in [5, 5.41) is 4.29. The molecular weight excluding hydrogens is 255 g/mol. The molecular formula is C12H11FN2O2S. The number of carbonyl (C=O) groups excluding carboxylic acids is 1. The van der Waals surface area contributed by atoms with Crippen molar-refractivity contribution in [1.82, 2.24) is 0 Å². The second-order valence-corrected chi connectivity index (χ2v) is 4.42. The van der Waals surface area contributed by atoms with Gasteiger partial charge in [0.05, 0.1) is 18.5 Å². The van der Waals surface area contributed by atoms with Gasteiger partial charge in [0.15, 0.2) is 0 Å². The fourth-order valence-electron chi connectivity index (χ4n) is 1.44. The van der Waals surface area contributed by atoms with Gasteiger partial charge in [0.1, 0.15) is 16.4 Å². The van der Waals surface area contributed by atoms with Crippen molar-refractivity contribution in [3.05, 3.63) is 40.3 Å². The van der Waals surface area contributed by atoms with Crippen LogP contribution in [0.1, 0.15) is 9.67 Å². The van der Waals surface area contributed by atoms with E-state index < -0.39 is 5.82 Å². The van der Waals surface area contributed by atoms with Gasteiger partial charge in [0.2, 0.25) is 0 Å². The summed E-state index contributed by atoms with van der Waals surface area (Å²) in [7, 11) is 1.48. The van der Waals surface area contributed by atoms with E-state index in [1.807, 2.05) is 0 Å². The molecule has 0 fully saturated rings. The standard InChI is InChI=1S/C12H11FN2O2S/c1-17-10-4-5-18-11(10)12(16)15-9-6-7(13)2-3-8(9)14/h2-6H,14H2,1H3,(H,15,16). The van der Waals surface area contributed by atoms with Crippen molar-refractivity contribution < 1.29 is 13.9 Å². The minimum Gasteiger partial charge on any atom is -0.495 e. The summed E-state index contributed by atoms with van der Waals surface area (Å²) in [6.45, 7) is 0. The molecule has 0 bridgehead atoms. The molecule has 0 aliphatic heterocycles. The Morgan fingerprint density at radius 2 is 2.22 bits per heavy atom. The highest BCUT2D eigenvalue weighted by Crippen LogP contribution is 2.27. The van der Waals surface area contributed by atoms with Gasteiger partial charge in [-0.2, -0.15) is 0 Å². The van der Waals surface area contributed by atoms with Gasteiger partial charge < -0.3 is 15.8 Å². The first kappa shape index (κ1) is 12.4. The maximum atomic E-state index is 13.1. The zero-order valence-corrected chi connectivity index (χ0v) is 10.4. The van der Waals surface area contributed by atoms with Crippen molar-refractivity contribution >= 4 is 28.6 Å². The van der Waals surface area contributed by atoms with Crippen LogP contribution < -0.4 is 15.8 Å². The molecule has 1 aromatic carbocycles. The second kappa shape index (κ2) is 5.05. The van der Waals surface area contributed by atoms with Gasteiger partial charge in [-0.3, -0.25) is 4.79 Å². The molecule has 0 aliphatic rings. The Labute approximate surface area is 107 Å². The molecule has 4 nitrogen and oxygen atoms in total. The van der Waals surface area contributed by atoms with E-state index in [-0.39, 0.29) is 11.6 Å². The van der Waals surface area contributed by atoms with Crippen molar-refractivity contribution in [3.8, 4) is 5.75 Å². The highest BCUT2D eigenvalue weighted by molar-refractivity contribution is 7.12. The molecule has 1 amide bonds. The minimum absolute atomic E-state index is 0.246. The lowest BCUT2D eigenvalue weighted by atomic mass is 10.2. The molecule has 0 saturated heterocycles. The number of ether oxygens (including phenoxy) is 1. The fraction of sp³-hybridized carbons (Fsp3) is 0.0833. The van der Waals surface area contributed by atoms with Crippen LogP contribution >= 0.6 is 11.3 Å². The molecule has 2 aromatic rings. The van der Waals surface area contributed by atoms with E-state index in [9.17, 15) is 9.18 Å². The predicted molar refractivity (Wildman–Crippen MR) is 69.6 cm³/mol. The average molecular weight is 266 g/mol. The highest BCUT2D eigenvalue weighted by atomic mass is 32.1. The second-order valence-electron chi connectivity index (χ2n) is 3.50. The molecule has 0 saturated carbocycles. The van der Waals surface area contributed by atoms with Gasteiger partial charge in [-0.05, 0) is 29.6 Å². The number of methoxy groups -OCH3 is 1. The third-order valence-corrected chi connectivity index (χ3v) is 3.21. The lowest BCUT2D eigenvalue weighted by Gasteiger charge is -2.08. The van der Waals surface area contributed by atoms with Crippen LogP contribution in [0, 0.1) is 5.82 Å². The number of benzene rings is 1.